The lowest BCUT2D eigenvalue weighted by Gasteiger charge is -2.04. The minimum Gasteiger partial charge on any atom is -0.381 e. The summed E-state index contributed by atoms with van der Waals surface area (Å²) in [6.45, 7) is 5.71. The van der Waals surface area contributed by atoms with Crippen LogP contribution in [0.5, 0.6) is 0 Å². The van der Waals surface area contributed by atoms with Gasteiger partial charge in [0.25, 0.3) is 0 Å². The zero-order valence-corrected chi connectivity index (χ0v) is 9.86. The summed E-state index contributed by atoms with van der Waals surface area (Å²) in [6.07, 6.45) is 2.88. The molecule has 0 saturated heterocycles. The first-order valence-electron chi connectivity index (χ1n) is 4.97. The molecule has 1 unspecified atom stereocenters. The number of nitrogens with zero attached hydrogens (tertiary/aromatic N) is 1. The molecule has 0 amide bonds. The highest BCUT2D eigenvalue weighted by molar-refractivity contribution is 7.11. The first kappa shape index (κ1) is 11.6. The Bertz CT molecular complexity index is 262. The summed E-state index contributed by atoms with van der Waals surface area (Å²) in [4.78, 5) is 5.65. The molecule has 80 valence electrons. The van der Waals surface area contributed by atoms with E-state index in [4.69, 9.17) is 4.74 Å². The highest BCUT2D eigenvalue weighted by Crippen LogP contribution is 2.20. The van der Waals surface area contributed by atoms with Gasteiger partial charge in [-0.3, -0.25) is 0 Å². The van der Waals surface area contributed by atoms with E-state index in [1.165, 1.54) is 4.88 Å². The van der Waals surface area contributed by atoms with Gasteiger partial charge in [0.15, 0.2) is 0 Å². The van der Waals surface area contributed by atoms with E-state index in [9.17, 15) is 0 Å². The summed E-state index contributed by atoms with van der Waals surface area (Å²) >= 11 is 1.76. The van der Waals surface area contributed by atoms with E-state index < -0.39 is 0 Å². The number of ether oxygens (including phenoxy) is 1. The molecule has 0 spiro atoms. The fourth-order valence-corrected chi connectivity index (χ4v) is 2.05. The molecule has 0 aliphatic rings. The first-order chi connectivity index (χ1) is 6.77. The SMILES string of the molecule is CCOCCc1ncc(C(C)NC)s1. The van der Waals surface area contributed by atoms with Gasteiger partial charge >= 0.3 is 0 Å². The van der Waals surface area contributed by atoms with Gasteiger partial charge in [-0.1, -0.05) is 0 Å². The molecule has 1 N–H and O–H groups in total. The Hall–Kier alpha value is -0.450. The third kappa shape index (κ3) is 3.36. The van der Waals surface area contributed by atoms with E-state index >= 15 is 0 Å². The molecule has 1 aromatic heterocycles. The maximum atomic E-state index is 5.28. The summed E-state index contributed by atoms with van der Waals surface area (Å²) in [5.41, 5.74) is 0. The zero-order valence-electron chi connectivity index (χ0n) is 9.04. The molecule has 4 heteroatoms. The van der Waals surface area contributed by atoms with Crippen LogP contribution in [-0.2, 0) is 11.2 Å². The van der Waals surface area contributed by atoms with Crippen LogP contribution in [0.1, 0.15) is 29.8 Å². The highest BCUT2D eigenvalue weighted by atomic mass is 32.1. The average Bonchev–Trinajstić information content (AvgIpc) is 2.66. The van der Waals surface area contributed by atoms with E-state index in [0.29, 0.717) is 6.04 Å². The molecule has 1 rings (SSSR count). The molecule has 0 aromatic carbocycles. The van der Waals surface area contributed by atoms with Gasteiger partial charge in [-0.25, -0.2) is 4.98 Å². The van der Waals surface area contributed by atoms with Crippen molar-refractivity contribution < 1.29 is 4.74 Å². The molecule has 0 aliphatic heterocycles. The number of aromatic nitrogens is 1. The topological polar surface area (TPSA) is 34.1 Å². The highest BCUT2D eigenvalue weighted by Gasteiger charge is 2.07. The predicted octanol–water partition coefficient (Wildman–Crippen LogP) is 2.00. The molecule has 14 heavy (non-hydrogen) atoms. The van der Waals surface area contributed by atoms with Gasteiger partial charge in [-0.05, 0) is 20.9 Å². The van der Waals surface area contributed by atoms with Crippen LogP contribution in [0, 0.1) is 0 Å². The lowest BCUT2D eigenvalue weighted by atomic mass is 10.3. The molecule has 1 aromatic rings. The van der Waals surface area contributed by atoms with Crippen LogP contribution < -0.4 is 5.32 Å². The summed E-state index contributed by atoms with van der Waals surface area (Å²) < 4.78 is 5.28. The van der Waals surface area contributed by atoms with Crippen molar-refractivity contribution in [1.29, 1.82) is 0 Å². The van der Waals surface area contributed by atoms with Crippen molar-refractivity contribution in [1.82, 2.24) is 10.3 Å². The number of rotatable bonds is 6. The predicted molar refractivity (Wildman–Crippen MR) is 59.8 cm³/mol. The van der Waals surface area contributed by atoms with Crippen molar-refractivity contribution in [2.75, 3.05) is 20.3 Å². The van der Waals surface area contributed by atoms with Gasteiger partial charge in [0.2, 0.25) is 0 Å². The number of hydrogen-bond acceptors (Lipinski definition) is 4. The maximum absolute atomic E-state index is 5.28. The van der Waals surface area contributed by atoms with E-state index in [1.54, 1.807) is 11.3 Å². The van der Waals surface area contributed by atoms with Crippen molar-refractivity contribution in [2.45, 2.75) is 26.3 Å². The Balaban J connectivity index is 2.42. The summed E-state index contributed by atoms with van der Waals surface area (Å²) in [6, 6.07) is 0.397. The second-order valence-corrected chi connectivity index (χ2v) is 4.26. The zero-order chi connectivity index (χ0) is 10.4. The third-order valence-corrected chi connectivity index (χ3v) is 3.34. The van der Waals surface area contributed by atoms with E-state index in [1.807, 2.05) is 20.2 Å². The van der Waals surface area contributed by atoms with E-state index in [-0.39, 0.29) is 0 Å². The van der Waals surface area contributed by atoms with Gasteiger partial charge in [0.1, 0.15) is 0 Å². The quantitative estimate of drug-likeness (QED) is 0.735. The molecule has 0 saturated carbocycles. The fourth-order valence-electron chi connectivity index (χ4n) is 1.09. The van der Waals surface area contributed by atoms with E-state index in [0.717, 1.165) is 24.6 Å². The Morgan fingerprint density at radius 3 is 3.07 bits per heavy atom. The smallest absolute Gasteiger partial charge is 0.0951 e. The second kappa shape index (κ2) is 6.11. The molecule has 0 bridgehead atoms. The summed E-state index contributed by atoms with van der Waals surface area (Å²) in [7, 11) is 1.96. The van der Waals surface area contributed by atoms with Gasteiger partial charge in [-0.2, -0.15) is 0 Å². The van der Waals surface area contributed by atoms with Crippen LogP contribution in [0.2, 0.25) is 0 Å². The van der Waals surface area contributed by atoms with Crippen molar-refractivity contribution in [2.24, 2.45) is 0 Å². The normalized spacial score (nSPS) is 13.1. The van der Waals surface area contributed by atoms with Crippen molar-refractivity contribution in [3.05, 3.63) is 16.1 Å². The lowest BCUT2D eigenvalue weighted by Crippen LogP contribution is -2.10. The largest absolute Gasteiger partial charge is 0.381 e. The van der Waals surface area contributed by atoms with Gasteiger partial charge < -0.3 is 10.1 Å². The van der Waals surface area contributed by atoms with Crippen molar-refractivity contribution in [3.63, 3.8) is 0 Å². The molecule has 1 heterocycles. The number of hydrogen-bond donors (Lipinski definition) is 1. The van der Waals surface area contributed by atoms with Crippen molar-refractivity contribution >= 4 is 11.3 Å². The first-order valence-corrected chi connectivity index (χ1v) is 5.79. The Labute approximate surface area is 89.5 Å². The summed E-state index contributed by atoms with van der Waals surface area (Å²) in [5.74, 6) is 0. The molecular formula is C10H18N2OS. The van der Waals surface area contributed by atoms with Gasteiger partial charge in [0.05, 0.1) is 11.6 Å². The second-order valence-electron chi connectivity index (χ2n) is 3.11. The van der Waals surface area contributed by atoms with Gasteiger partial charge in [0, 0.05) is 30.1 Å². The Morgan fingerprint density at radius 1 is 1.64 bits per heavy atom. The minimum absolute atomic E-state index is 0.397. The van der Waals surface area contributed by atoms with Crippen LogP contribution in [0.4, 0.5) is 0 Å². The van der Waals surface area contributed by atoms with Crippen LogP contribution >= 0.6 is 11.3 Å². The van der Waals surface area contributed by atoms with Crippen LogP contribution in [0.25, 0.3) is 0 Å². The van der Waals surface area contributed by atoms with Crippen molar-refractivity contribution in [3.8, 4) is 0 Å². The average molecular weight is 214 g/mol. The molecule has 0 aliphatic carbocycles. The van der Waals surface area contributed by atoms with Crippen LogP contribution in [-0.4, -0.2) is 25.2 Å². The molecule has 1 atom stereocenters. The number of thiazole rings is 1. The molecule has 0 fully saturated rings. The van der Waals surface area contributed by atoms with E-state index in [2.05, 4.69) is 17.2 Å². The Morgan fingerprint density at radius 2 is 2.43 bits per heavy atom. The maximum Gasteiger partial charge on any atom is 0.0951 e. The fraction of sp³-hybridized carbons (Fsp3) is 0.700. The molecule has 0 radical (unpaired) electrons. The lowest BCUT2D eigenvalue weighted by molar-refractivity contribution is 0.151. The third-order valence-electron chi connectivity index (χ3n) is 2.10. The standard InChI is InChI=1S/C10H18N2OS/c1-4-13-6-5-10-12-7-9(14-10)8(2)11-3/h7-8,11H,4-6H2,1-3H3. The van der Waals surface area contributed by atoms with Crippen LogP contribution in [0.15, 0.2) is 6.20 Å². The summed E-state index contributed by atoms with van der Waals surface area (Å²) in [5, 5.41) is 4.36. The Kier molecular flexibility index (Phi) is 5.07. The van der Waals surface area contributed by atoms with Gasteiger partial charge in [-0.15, -0.1) is 11.3 Å². The number of nitrogens with one attached hydrogen (secondary N) is 1. The monoisotopic (exact) mass is 214 g/mol. The minimum atomic E-state index is 0.397. The van der Waals surface area contributed by atoms with Crippen LogP contribution in [0.3, 0.4) is 0 Å². The molecular weight excluding hydrogens is 196 g/mol. The molecule has 3 nitrogen and oxygen atoms in total.